The summed E-state index contributed by atoms with van der Waals surface area (Å²) in [6, 6.07) is 41.4. The molecule has 0 aliphatic heterocycles. The minimum absolute atomic E-state index is 0.0323. The predicted octanol–water partition coefficient (Wildman–Crippen LogP) is 7.95. The Morgan fingerprint density at radius 1 is 0.578 bits per heavy atom. The number of hydrogen-bond donors (Lipinski definition) is 1. The fraction of sp³-hybridized carbons (Fsp3) is 0.108. The Kier molecular flexibility index (Phi) is 9.34. The molecule has 6 rings (SSSR count). The van der Waals surface area contributed by atoms with Crippen molar-refractivity contribution in [2.75, 3.05) is 12.4 Å². The SMILES string of the molecule is O=S([O-])CCCCOc1ccc(-c2nc(-c3ccc(-c4ccccc4)cc3)nc(-c3ccc(-c4ccccc4)cc3)n2)c(O)c1. The van der Waals surface area contributed by atoms with E-state index >= 15 is 0 Å². The van der Waals surface area contributed by atoms with Crippen LogP contribution in [0, 0.1) is 0 Å². The van der Waals surface area contributed by atoms with Crippen LogP contribution >= 0.6 is 0 Å². The van der Waals surface area contributed by atoms with Crippen molar-refractivity contribution < 1.29 is 18.6 Å². The highest BCUT2D eigenvalue weighted by molar-refractivity contribution is 7.79. The summed E-state index contributed by atoms with van der Waals surface area (Å²) in [4.78, 5) is 14.4. The number of nitrogens with zero attached hydrogens (tertiary/aromatic N) is 3. The van der Waals surface area contributed by atoms with Gasteiger partial charge in [0.15, 0.2) is 17.5 Å². The molecule has 0 aliphatic carbocycles. The lowest BCUT2D eigenvalue weighted by molar-refractivity contribution is 0.308. The first-order chi connectivity index (χ1) is 22.0. The van der Waals surface area contributed by atoms with Crippen molar-refractivity contribution >= 4 is 11.1 Å². The molecule has 0 bridgehead atoms. The molecule has 7 nitrogen and oxygen atoms in total. The lowest BCUT2D eigenvalue weighted by Crippen LogP contribution is -2.02. The van der Waals surface area contributed by atoms with Gasteiger partial charge in [-0.2, -0.15) is 0 Å². The summed E-state index contributed by atoms with van der Waals surface area (Å²) in [6.45, 7) is 0.341. The molecule has 0 saturated heterocycles. The average molecular weight is 613 g/mol. The third-order valence-corrected chi connectivity index (χ3v) is 7.94. The van der Waals surface area contributed by atoms with Crippen molar-refractivity contribution in [3.63, 3.8) is 0 Å². The van der Waals surface area contributed by atoms with E-state index in [0.29, 0.717) is 48.2 Å². The zero-order chi connectivity index (χ0) is 31.0. The molecule has 224 valence electrons. The van der Waals surface area contributed by atoms with E-state index in [-0.39, 0.29) is 11.5 Å². The Hall–Kier alpha value is -5.18. The van der Waals surface area contributed by atoms with Gasteiger partial charge in [0.1, 0.15) is 11.5 Å². The van der Waals surface area contributed by atoms with Crippen LogP contribution in [0.15, 0.2) is 127 Å². The summed E-state index contributed by atoms with van der Waals surface area (Å²) in [5.41, 5.74) is 6.48. The normalized spacial score (nSPS) is 11.7. The molecule has 1 heterocycles. The van der Waals surface area contributed by atoms with Gasteiger partial charge >= 0.3 is 0 Å². The quantitative estimate of drug-likeness (QED) is 0.117. The average Bonchev–Trinajstić information content (AvgIpc) is 3.09. The molecule has 0 fully saturated rings. The van der Waals surface area contributed by atoms with E-state index in [2.05, 4.69) is 24.3 Å². The van der Waals surface area contributed by atoms with Crippen LogP contribution in [-0.2, 0) is 11.1 Å². The van der Waals surface area contributed by atoms with Crippen LogP contribution in [0.5, 0.6) is 11.5 Å². The third-order valence-electron chi connectivity index (χ3n) is 7.32. The first-order valence-corrected chi connectivity index (χ1v) is 15.9. The molecule has 1 N–H and O–H groups in total. The number of phenols is 1. The largest absolute Gasteiger partial charge is 0.772 e. The van der Waals surface area contributed by atoms with Gasteiger partial charge in [-0.15, -0.1) is 0 Å². The van der Waals surface area contributed by atoms with E-state index in [4.69, 9.17) is 19.7 Å². The standard InChI is InChI=1S/C37H31N3O4S/c41-34-25-32(44-23-7-8-24-45(42)43)21-22-33(34)37-39-35(30-17-13-28(14-18-30)26-9-3-1-4-10-26)38-36(40-37)31-19-15-29(16-20-31)27-11-5-2-6-12-27/h1-6,9-22,25,41H,7-8,23-24H2,(H,42,43)/p-1. The van der Waals surface area contributed by atoms with Gasteiger partial charge < -0.3 is 14.4 Å². The summed E-state index contributed by atoms with van der Waals surface area (Å²) in [7, 11) is 0. The Bertz CT molecular complexity index is 1800. The summed E-state index contributed by atoms with van der Waals surface area (Å²) >= 11 is -2.06. The second-order valence-electron chi connectivity index (χ2n) is 10.4. The summed E-state index contributed by atoms with van der Waals surface area (Å²) in [5, 5.41) is 11.0. The van der Waals surface area contributed by atoms with Crippen LogP contribution < -0.4 is 4.74 Å². The highest BCUT2D eigenvalue weighted by atomic mass is 32.2. The Balaban J connectivity index is 1.33. The van der Waals surface area contributed by atoms with Crippen LogP contribution in [0.4, 0.5) is 0 Å². The Labute approximate surface area is 264 Å². The van der Waals surface area contributed by atoms with Gasteiger partial charge in [-0.1, -0.05) is 120 Å². The zero-order valence-electron chi connectivity index (χ0n) is 24.4. The lowest BCUT2D eigenvalue weighted by atomic mass is 10.0. The number of rotatable bonds is 11. The minimum atomic E-state index is -2.06. The van der Waals surface area contributed by atoms with Gasteiger partial charge in [-0.05, 0) is 47.2 Å². The topological polar surface area (TPSA) is 108 Å². The monoisotopic (exact) mass is 612 g/mol. The number of aromatic nitrogens is 3. The predicted molar refractivity (Wildman–Crippen MR) is 177 cm³/mol. The summed E-state index contributed by atoms with van der Waals surface area (Å²) in [5.74, 6) is 1.84. The van der Waals surface area contributed by atoms with E-state index in [1.807, 2.05) is 84.9 Å². The number of hydrogen-bond acceptors (Lipinski definition) is 7. The number of aromatic hydroxyl groups is 1. The molecular formula is C37H30N3O4S-. The van der Waals surface area contributed by atoms with E-state index < -0.39 is 11.1 Å². The first kappa shape index (κ1) is 29.9. The van der Waals surface area contributed by atoms with Crippen LogP contribution in [0.2, 0.25) is 0 Å². The lowest BCUT2D eigenvalue weighted by Gasteiger charge is -2.12. The molecule has 0 aliphatic rings. The molecule has 1 aromatic heterocycles. The minimum Gasteiger partial charge on any atom is -0.772 e. The van der Waals surface area contributed by atoms with Gasteiger partial charge in [0.2, 0.25) is 0 Å². The molecule has 6 aromatic rings. The molecule has 0 radical (unpaired) electrons. The zero-order valence-corrected chi connectivity index (χ0v) is 25.2. The van der Waals surface area contributed by atoms with E-state index in [0.717, 1.165) is 33.4 Å². The first-order valence-electron chi connectivity index (χ1n) is 14.6. The Morgan fingerprint density at radius 2 is 1.04 bits per heavy atom. The second kappa shape index (κ2) is 14.1. The molecule has 8 heteroatoms. The smallest absolute Gasteiger partial charge is 0.167 e. The van der Waals surface area contributed by atoms with Crippen molar-refractivity contribution in [1.29, 1.82) is 0 Å². The van der Waals surface area contributed by atoms with Crippen molar-refractivity contribution in [2.24, 2.45) is 0 Å². The van der Waals surface area contributed by atoms with Gasteiger partial charge in [-0.3, -0.25) is 4.21 Å². The van der Waals surface area contributed by atoms with Crippen molar-refractivity contribution in [3.8, 4) is 67.9 Å². The third kappa shape index (κ3) is 7.49. The fourth-order valence-corrected chi connectivity index (χ4v) is 5.38. The van der Waals surface area contributed by atoms with Crippen LogP contribution in [0.1, 0.15) is 12.8 Å². The van der Waals surface area contributed by atoms with Crippen LogP contribution in [0.25, 0.3) is 56.4 Å². The van der Waals surface area contributed by atoms with Crippen LogP contribution in [0.3, 0.4) is 0 Å². The molecule has 5 aromatic carbocycles. The summed E-state index contributed by atoms with van der Waals surface area (Å²) < 4.78 is 27.2. The molecule has 1 unspecified atom stereocenters. The maximum atomic E-state index is 11.0. The van der Waals surface area contributed by atoms with Gasteiger partial charge in [0, 0.05) is 22.9 Å². The molecular weight excluding hydrogens is 582 g/mol. The molecule has 1 atom stereocenters. The van der Waals surface area contributed by atoms with E-state index in [1.54, 1.807) is 12.1 Å². The number of phenolic OH excluding ortho intramolecular Hbond substituents is 1. The molecule has 45 heavy (non-hydrogen) atoms. The highest BCUT2D eigenvalue weighted by Crippen LogP contribution is 2.33. The molecule has 0 spiro atoms. The maximum absolute atomic E-state index is 11.0. The number of unbranched alkanes of at least 4 members (excludes halogenated alkanes) is 1. The van der Waals surface area contributed by atoms with Gasteiger partial charge in [0.25, 0.3) is 0 Å². The van der Waals surface area contributed by atoms with Gasteiger partial charge in [0.05, 0.1) is 12.2 Å². The molecule has 0 saturated carbocycles. The van der Waals surface area contributed by atoms with Gasteiger partial charge in [-0.25, -0.2) is 15.0 Å². The fourth-order valence-electron chi connectivity index (χ4n) is 4.94. The van der Waals surface area contributed by atoms with Crippen molar-refractivity contribution in [1.82, 2.24) is 15.0 Å². The maximum Gasteiger partial charge on any atom is 0.167 e. The number of ether oxygens (including phenoxy) is 1. The van der Waals surface area contributed by atoms with E-state index in [9.17, 15) is 13.9 Å². The van der Waals surface area contributed by atoms with Crippen molar-refractivity contribution in [2.45, 2.75) is 12.8 Å². The summed E-state index contributed by atoms with van der Waals surface area (Å²) in [6.07, 6.45) is 1.10. The molecule has 0 amide bonds. The number of benzene rings is 5. The van der Waals surface area contributed by atoms with E-state index in [1.165, 1.54) is 6.07 Å². The second-order valence-corrected chi connectivity index (χ2v) is 11.5. The highest BCUT2D eigenvalue weighted by Gasteiger charge is 2.16. The Morgan fingerprint density at radius 3 is 1.53 bits per heavy atom. The van der Waals surface area contributed by atoms with Crippen molar-refractivity contribution in [3.05, 3.63) is 127 Å². The van der Waals surface area contributed by atoms with Crippen LogP contribution in [-0.4, -0.2) is 41.2 Å².